The lowest BCUT2D eigenvalue weighted by atomic mass is 10.1. The molecule has 4 N–H and O–H groups in total. The molecule has 1 aliphatic rings. The van der Waals surface area contributed by atoms with Crippen LogP contribution in [0.25, 0.3) is 0 Å². The summed E-state index contributed by atoms with van der Waals surface area (Å²) in [5.41, 5.74) is 0.658. The third-order valence-corrected chi connectivity index (χ3v) is 3.76. The summed E-state index contributed by atoms with van der Waals surface area (Å²) in [5, 5.41) is 31.3. The second kappa shape index (κ2) is 6.70. The molecule has 1 fully saturated rings. The minimum atomic E-state index is -1.28. The molecule has 0 radical (unpaired) electrons. The summed E-state index contributed by atoms with van der Waals surface area (Å²) in [4.78, 5) is 14.0. The number of carbonyl (C=O) groups excluding carboxylic acids is 1. The van der Waals surface area contributed by atoms with E-state index in [0.29, 0.717) is 12.1 Å². The Kier molecular flexibility index (Phi) is 5.12. The Balaban J connectivity index is 2.10. The van der Waals surface area contributed by atoms with Gasteiger partial charge in [0.2, 0.25) is 0 Å². The molecule has 0 saturated heterocycles. The van der Waals surface area contributed by atoms with Crippen molar-refractivity contribution in [3.05, 3.63) is 35.1 Å². The molecule has 0 aliphatic heterocycles. The fraction of sp³-hybridized carbons (Fsp3) is 0.533. The third kappa shape index (κ3) is 3.61. The van der Waals surface area contributed by atoms with Crippen molar-refractivity contribution >= 4 is 5.91 Å². The van der Waals surface area contributed by atoms with E-state index < -0.39 is 36.1 Å². The van der Waals surface area contributed by atoms with Gasteiger partial charge in [-0.15, -0.1) is 0 Å². The van der Waals surface area contributed by atoms with Crippen LogP contribution in [-0.2, 0) is 6.54 Å². The number of benzene rings is 1. The largest absolute Gasteiger partial charge is 0.390 e. The Labute approximate surface area is 128 Å². The molecule has 1 aliphatic carbocycles. The minimum Gasteiger partial charge on any atom is -0.390 e. The number of amides is 1. The summed E-state index contributed by atoms with van der Waals surface area (Å²) in [6, 6.07) is 3.30. The van der Waals surface area contributed by atoms with E-state index in [0.717, 1.165) is 0 Å². The molecule has 22 heavy (non-hydrogen) atoms. The lowest BCUT2D eigenvalue weighted by molar-refractivity contribution is -0.0220. The van der Waals surface area contributed by atoms with Crippen molar-refractivity contribution in [1.82, 2.24) is 10.2 Å². The lowest BCUT2D eigenvalue weighted by Crippen LogP contribution is -2.43. The van der Waals surface area contributed by atoms with Crippen LogP contribution in [-0.4, -0.2) is 64.6 Å². The smallest absolute Gasteiger partial charge is 0.251 e. The lowest BCUT2D eigenvalue weighted by Gasteiger charge is -2.18. The summed E-state index contributed by atoms with van der Waals surface area (Å²) in [6.07, 6.45) is -3.50. The van der Waals surface area contributed by atoms with Gasteiger partial charge < -0.3 is 25.5 Å². The Morgan fingerprint density at radius 2 is 2.00 bits per heavy atom. The first kappa shape index (κ1) is 16.8. The van der Waals surface area contributed by atoms with Gasteiger partial charge in [0.05, 0.1) is 12.1 Å². The Bertz CT molecular complexity index is 552. The maximum Gasteiger partial charge on any atom is 0.251 e. The summed E-state index contributed by atoms with van der Waals surface area (Å²) in [7, 11) is 3.59. The molecule has 1 aromatic carbocycles. The van der Waals surface area contributed by atoms with Crippen LogP contribution in [0.1, 0.15) is 22.3 Å². The highest BCUT2D eigenvalue weighted by Gasteiger charge is 2.41. The van der Waals surface area contributed by atoms with Crippen molar-refractivity contribution in [2.45, 2.75) is 37.3 Å². The van der Waals surface area contributed by atoms with Crippen LogP contribution in [0.4, 0.5) is 4.39 Å². The van der Waals surface area contributed by atoms with Crippen LogP contribution in [0.15, 0.2) is 18.2 Å². The normalized spacial score (nSPS) is 28.1. The fourth-order valence-corrected chi connectivity index (χ4v) is 2.58. The molecular formula is C15H21FN2O4. The van der Waals surface area contributed by atoms with Gasteiger partial charge in [0.15, 0.2) is 0 Å². The molecule has 2 rings (SSSR count). The summed E-state index contributed by atoms with van der Waals surface area (Å²) in [6.45, 7) is 0.358. The third-order valence-electron chi connectivity index (χ3n) is 3.76. The van der Waals surface area contributed by atoms with E-state index in [-0.39, 0.29) is 12.0 Å². The quantitative estimate of drug-likeness (QED) is 0.600. The molecule has 0 heterocycles. The Morgan fingerprint density at radius 1 is 1.32 bits per heavy atom. The number of hydrogen-bond donors (Lipinski definition) is 4. The average molecular weight is 312 g/mol. The molecule has 6 nitrogen and oxygen atoms in total. The van der Waals surface area contributed by atoms with Gasteiger partial charge in [0.25, 0.3) is 5.91 Å². The zero-order valence-corrected chi connectivity index (χ0v) is 12.5. The minimum absolute atomic E-state index is 0.0693. The number of nitrogens with one attached hydrogen (secondary N) is 1. The Morgan fingerprint density at radius 3 is 2.55 bits per heavy atom. The van der Waals surface area contributed by atoms with E-state index in [9.17, 15) is 24.5 Å². The zero-order valence-electron chi connectivity index (χ0n) is 12.5. The standard InChI is InChI=1S/C15H21FN2O4/c1-18(2)7-9-5-8(3-4-10(9)16)15(22)17-11-6-12(19)14(21)13(11)20/h3-5,11-14,19-21H,6-7H2,1-2H3,(H,17,22)/t11-,12+,13+,14-/m1/s1. The first-order chi connectivity index (χ1) is 10.3. The molecule has 122 valence electrons. The second-order valence-electron chi connectivity index (χ2n) is 5.91. The van der Waals surface area contributed by atoms with Gasteiger partial charge in [-0.3, -0.25) is 4.79 Å². The number of halogens is 1. The van der Waals surface area contributed by atoms with Gasteiger partial charge in [-0.2, -0.15) is 0 Å². The average Bonchev–Trinajstić information content (AvgIpc) is 2.68. The van der Waals surface area contributed by atoms with Crippen LogP contribution >= 0.6 is 0 Å². The molecule has 0 aromatic heterocycles. The highest BCUT2D eigenvalue weighted by atomic mass is 19.1. The topological polar surface area (TPSA) is 93.0 Å². The van der Waals surface area contributed by atoms with E-state index in [4.69, 9.17) is 0 Å². The molecule has 7 heteroatoms. The van der Waals surface area contributed by atoms with Crippen LogP contribution in [0.5, 0.6) is 0 Å². The number of rotatable bonds is 4. The van der Waals surface area contributed by atoms with Crippen molar-refractivity contribution in [2.75, 3.05) is 14.1 Å². The monoisotopic (exact) mass is 312 g/mol. The maximum atomic E-state index is 13.7. The summed E-state index contributed by atoms with van der Waals surface area (Å²) >= 11 is 0. The summed E-state index contributed by atoms with van der Waals surface area (Å²) in [5.74, 6) is -0.873. The van der Waals surface area contributed by atoms with Gasteiger partial charge in [-0.1, -0.05) is 0 Å². The molecule has 4 atom stereocenters. The van der Waals surface area contributed by atoms with Gasteiger partial charge >= 0.3 is 0 Å². The first-order valence-electron chi connectivity index (χ1n) is 7.08. The van der Waals surface area contributed by atoms with Crippen molar-refractivity contribution in [1.29, 1.82) is 0 Å². The van der Waals surface area contributed by atoms with Crippen LogP contribution in [0.3, 0.4) is 0 Å². The van der Waals surface area contributed by atoms with E-state index >= 15 is 0 Å². The molecule has 1 saturated carbocycles. The maximum absolute atomic E-state index is 13.7. The van der Waals surface area contributed by atoms with Crippen LogP contribution in [0, 0.1) is 5.82 Å². The first-order valence-corrected chi connectivity index (χ1v) is 7.08. The predicted molar refractivity (Wildman–Crippen MR) is 77.7 cm³/mol. The number of aliphatic hydroxyl groups is 3. The van der Waals surface area contributed by atoms with Crippen LogP contribution < -0.4 is 5.32 Å². The van der Waals surface area contributed by atoms with Gasteiger partial charge in [-0.25, -0.2) is 4.39 Å². The SMILES string of the molecule is CN(C)Cc1cc(C(=O)N[C@@H]2C[C@H](O)[C@@H](O)[C@H]2O)ccc1F. The molecule has 0 unspecified atom stereocenters. The van der Waals surface area contributed by atoms with Gasteiger partial charge in [-0.05, 0) is 38.7 Å². The Hall–Kier alpha value is -1.54. The highest BCUT2D eigenvalue weighted by Crippen LogP contribution is 2.21. The van der Waals surface area contributed by atoms with Gasteiger partial charge in [0.1, 0.15) is 18.0 Å². The van der Waals surface area contributed by atoms with Crippen LogP contribution in [0.2, 0.25) is 0 Å². The molecule has 0 spiro atoms. The van der Waals surface area contributed by atoms with Crippen molar-refractivity contribution in [3.63, 3.8) is 0 Å². The zero-order chi connectivity index (χ0) is 16.4. The highest BCUT2D eigenvalue weighted by molar-refractivity contribution is 5.94. The molecule has 1 aromatic rings. The summed E-state index contributed by atoms with van der Waals surface area (Å²) < 4.78 is 13.7. The van der Waals surface area contributed by atoms with E-state index in [1.807, 2.05) is 0 Å². The molecule has 0 bridgehead atoms. The number of nitrogens with zero attached hydrogens (tertiary/aromatic N) is 1. The number of carbonyl (C=O) groups is 1. The molecular weight excluding hydrogens is 291 g/mol. The van der Waals surface area contributed by atoms with Crippen molar-refractivity contribution in [3.8, 4) is 0 Å². The second-order valence-corrected chi connectivity index (χ2v) is 5.91. The number of hydrogen-bond acceptors (Lipinski definition) is 5. The van der Waals surface area contributed by atoms with Crippen molar-refractivity contribution in [2.24, 2.45) is 0 Å². The van der Waals surface area contributed by atoms with E-state index in [1.165, 1.54) is 18.2 Å². The van der Waals surface area contributed by atoms with Crippen molar-refractivity contribution < 1.29 is 24.5 Å². The predicted octanol–water partition coefficient (Wildman–Crippen LogP) is -0.528. The number of aliphatic hydroxyl groups excluding tert-OH is 3. The fourth-order valence-electron chi connectivity index (χ4n) is 2.58. The van der Waals surface area contributed by atoms with E-state index in [1.54, 1.807) is 19.0 Å². The molecule has 1 amide bonds. The van der Waals surface area contributed by atoms with E-state index in [2.05, 4.69) is 5.32 Å². The van der Waals surface area contributed by atoms with Gasteiger partial charge in [0, 0.05) is 17.7 Å².